The van der Waals surface area contributed by atoms with Gasteiger partial charge in [-0.05, 0) is 73.9 Å². The van der Waals surface area contributed by atoms with E-state index in [0.717, 1.165) is 29.8 Å². The van der Waals surface area contributed by atoms with Gasteiger partial charge in [-0.2, -0.15) is 5.10 Å². The minimum absolute atomic E-state index is 0.134. The summed E-state index contributed by atoms with van der Waals surface area (Å²) in [5.41, 5.74) is 2.53. The van der Waals surface area contributed by atoms with E-state index < -0.39 is 10.0 Å². The molecule has 1 unspecified atom stereocenters. The summed E-state index contributed by atoms with van der Waals surface area (Å²) in [6, 6.07) is 20.6. The first kappa shape index (κ1) is 25.0. The maximum Gasteiger partial charge on any atom is 0.323 e. The van der Waals surface area contributed by atoms with E-state index in [4.69, 9.17) is 4.74 Å². The molecule has 4 aromatic rings. The van der Waals surface area contributed by atoms with Gasteiger partial charge < -0.3 is 15.4 Å². The zero-order valence-electron chi connectivity index (χ0n) is 20.2. The number of amides is 2. The van der Waals surface area contributed by atoms with E-state index in [-0.39, 0.29) is 16.5 Å². The van der Waals surface area contributed by atoms with Gasteiger partial charge in [-0.15, -0.1) is 11.3 Å². The Morgan fingerprint density at radius 3 is 2.43 bits per heavy atom. The molecule has 1 atom stereocenters. The van der Waals surface area contributed by atoms with Crippen LogP contribution in [0.2, 0.25) is 0 Å². The van der Waals surface area contributed by atoms with Crippen molar-refractivity contribution >= 4 is 44.5 Å². The molecular weight excluding hydrogens is 510 g/mol. The molecule has 5 rings (SSSR count). The SMILES string of the molecule is CN(c1ccc(NC(=O)Nc2ccccc2)cc1)S(=O)(=O)c1ccc(-c2ccnn2C2CCCCO2)s1. The summed E-state index contributed by atoms with van der Waals surface area (Å²) in [6.45, 7) is 0.699. The lowest BCUT2D eigenvalue weighted by atomic mass is 10.2. The van der Waals surface area contributed by atoms with Crippen molar-refractivity contribution in [3.8, 4) is 10.6 Å². The van der Waals surface area contributed by atoms with Crippen molar-refractivity contribution in [2.45, 2.75) is 29.7 Å². The van der Waals surface area contributed by atoms with Gasteiger partial charge in [-0.1, -0.05) is 18.2 Å². The van der Waals surface area contributed by atoms with Crippen LogP contribution in [0.5, 0.6) is 0 Å². The number of nitrogens with zero attached hydrogens (tertiary/aromatic N) is 3. The van der Waals surface area contributed by atoms with Crippen molar-refractivity contribution in [1.29, 1.82) is 0 Å². The normalized spacial score (nSPS) is 15.8. The number of carbonyl (C=O) groups is 1. The molecule has 37 heavy (non-hydrogen) atoms. The van der Waals surface area contributed by atoms with E-state index in [1.165, 1.54) is 22.7 Å². The topological polar surface area (TPSA) is 106 Å². The largest absolute Gasteiger partial charge is 0.356 e. The molecule has 3 heterocycles. The number of thiophene rings is 1. The maximum absolute atomic E-state index is 13.4. The van der Waals surface area contributed by atoms with Crippen LogP contribution in [0.1, 0.15) is 25.5 Å². The van der Waals surface area contributed by atoms with E-state index in [1.807, 2.05) is 28.9 Å². The van der Waals surface area contributed by atoms with Gasteiger partial charge in [-0.25, -0.2) is 17.9 Å². The number of aromatic nitrogens is 2. The minimum Gasteiger partial charge on any atom is -0.356 e. The molecule has 2 aromatic heterocycles. The van der Waals surface area contributed by atoms with E-state index in [0.29, 0.717) is 23.7 Å². The Kier molecular flexibility index (Phi) is 7.26. The molecule has 1 fully saturated rings. The van der Waals surface area contributed by atoms with Crippen molar-refractivity contribution in [1.82, 2.24) is 9.78 Å². The van der Waals surface area contributed by atoms with Gasteiger partial charge in [0.2, 0.25) is 0 Å². The Bertz CT molecular complexity index is 1460. The third-order valence-corrected chi connectivity index (χ3v) is 9.43. The van der Waals surface area contributed by atoms with Crippen LogP contribution in [0.3, 0.4) is 0 Å². The Balaban J connectivity index is 1.28. The summed E-state index contributed by atoms with van der Waals surface area (Å²) in [4.78, 5) is 13.0. The molecule has 2 amide bonds. The molecule has 192 valence electrons. The number of rotatable bonds is 7. The lowest BCUT2D eigenvalue weighted by Crippen LogP contribution is -2.25. The average Bonchev–Trinajstić information content (AvgIpc) is 3.60. The standard InChI is InChI=1S/C26H27N5O4S2/c1-30(21-12-10-20(11-13-21)29-26(32)28-19-7-3-2-4-8-19)37(33,34)25-15-14-23(36-25)22-16-17-27-31(22)24-9-5-6-18-35-24/h2-4,7-8,10-17,24H,5-6,9,18H2,1H3,(H2,28,29,32). The third-order valence-electron chi connectivity index (χ3n) is 6.07. The van der Waals surface area contributed by atoms with Crippen LogP contribution in [0, 0.1) is 0 Å². The highest BCUT2D eigenvalue weighted by atomic mass is 32.2. The van der Waals surface area contributed by atoms with Crippen LogP contribution in [0.4, 0.5) is 21.9 Å². The first-order chi connectivity index (χ1) is 17.9. The number of nitrogens with one attached hydrogen (secondary N) is 2. The molecule has 9 nitrogen and oxygen atoms in total. The fourth-order valence-corrected chi connectivity index (χ4v) is 6.79. The quantitative estimate of drug-likeness (QED) is 0.311. The molecule has 0 saturated carbocycles. The number of sulfonamides is 1. The van der Waals surface area contributed by atoms with Gasteiger partial charge in [0.05, 0.1) is 16.3 Å². The fraction of sp³-hybridized carbons (Fsp3) is 0.231. The fourth-order valence-electron chi connectivity index (χ4n) is 4.10. The number of carbonyl (C=O) groups excluding carboxylic acids is 1. The first-order valence-electron chi connectivity index (χ1n) is 11.9. The van der Waals surface area contributed by atoms with Gasteiger partial charge in [-0.3, -0.25) is 4.31 Å². The number of para-hydroxylation sites is 1. The van der Waals surface area contributed by atoms with E-state index in [2.05, 4.69) is 15.7 Å². The smallest absolute Gasteiger partial charge is 0.323 e. The van der Waals surface area contributed by atoms with Gasteiger partial charge >= 0.3 is 6.03 Å². The number of urea groups is 1. The third kappa shape index (κ3) is 5.53. The summed E-state index contributed by atoms with van der Waals surface area (Å²) in [5, 5.41) is 9.91. The highest BCUT2D eigenvalue weighted by Gasteiger charge is 2.26. The Morgan fingerprint density at radius 2 is 1.73 bits per heavy atom. The summed E-state index contributed by atoms with van der Waals surface area (Å²) < 4.78 is 35.9. The van der Waals surface area contributed by atoms with Crippen molar-refractivity contribution in [2.24, 2.45) is 0 Å². The lowest BCUT2D eigenvalue weighted by molar-refractivity contribution is -0.0383. The summed E-state index contributed by atoms with van der Waals surface area (Å²) >= 11 is 1.20. The highest BCUT2D eigenvalue weighted by Crippen LogP contribution is 2.35. The van der Waals surface area contributed by atoms with Crippen LogP contribution in [-0.2, 0) is 14.8 Å². The number of hydrogen-bond acceptors (Lipinski definition) is 6. The van der Waals surface area contributed by atoms with Crippen molar-refractivity contribution < 1.29 is 17.9 Å². The van der Waals surface area contributed by atoms with Crippen LogP contribution >= 0.6 is 11.3 Å². The Morgan fingerprint density at radius 1 is 1.00 bits per heavy atom. The number of benzene rings is 2. The van der Waals surface area contributed by atoms with E-state index >= 15 is 0 Å². The van der Waals surface area contributed by atoms with Crippen molar-refractivity contribution in [3.63, 3.8) is 0 Å². The van der Waals surface area contributed by atoms with Crippen molar-refractivity contribution in [2.75, 3.05) is 28.6 Å². The first-order valence-corrected chi connectivity index (χ1v) is 14.1. The molecule has 0 aliphatic carbocycles. The molecule has 0 radical (unpaired) electrons. The minimum atomic E-state index is -3.79. The lowest BCUT2D eigenvalue weighted by Gasteiger charge is -2.24. The molecular formula is C26H27N5O4S2. The van der Waals surface area contributed by atoms with Gasteiger partial charge in [0.25, 0.3) is 10.0 Å². The van der Waals surface area contributed by atoms with Gasteiger partial charge in [0.15, 0.2) is 6.23 Å². The maximum atomic E-state index is 13.4. The van der Waals surface area contributed by atoms with Gasteiger partial charge in [0.1, 0.15) is 4.21 Å². The number of hydrogen-bond donors (Lipinski definition) is 2. The molecule has 1 aliphatic heterocycles. The van der Waals surface area contributed by atoms with E-state index in [9.17, 15) is 13.2 Å². The second kappa shape index (κ2) is 10.8. The summed E-state index contributed by atoms with van der Waals surface area (Å²) in [5.74, 6) is 0. The Labute approximate surface area is 219 Å². The molecule has 1 aliphatic rings. The van der Waals surface area contributed by atoms with E-state index in [1.54, 1.807) is 54.7 Å². The van der Waals surface area contributed by atoms with Crippen LogP contribution < -0.4 is 14.9 Å². The summed E-state index contributed by atoms with van der Waals surface area (Å²) in [7, 11) is -2.27. The second-order valence-corrected chi connectivity index (χ2v) is 11.8. The zero-order chi connectivity index (χ0) is 25.8. The molecule has 0 spiro atoms. The van der Waals surface area contributed by atoms with Crippen LogP contribution in [0.15, 0.2) is 83.2 Å². The van der Waals surface area contributed by atoms with Gasteiger partial charge in [0, 0.05) is 31.2 Å². The predicted octanol–water partition coefficient (Wildman–Crippen LogP) is 5.78. The van der Waals surface area contributed by atoms with Crippen LogP contribution in [0.25, 0.3) is 10.6 Å². The number of ether oxygens (including phenoxy) is 1. The van der Waals surface area contributed by atoms with Crippen molar-refractivity contribution in [3.05, 3.63) is 79.0 Å². The summed E-state index contributed by atoms with van der Waals surface area (Å²) in [6.07, 6.45) is 4.57. The molecule has 1 saturated heterocycles. The Hall–Kier alpha value is -3.67. The second-order valence-electron chi connectivity index (χ2n) is 8.57. The molecule has 0 bridgehead atoms. The zero-order valence-corrected chi connectivity index (χ0v) is 21.8. The molecule has 11 heteroatoms. The highest BCUT2D eigenvalue weighted by molar-refractivity contribution is 7.94. The van der Waals surface area contributed by atoms with Crippen LogP contribution in [-0.4, -0.2) is 37.9 Å². The monoisotopic (exact) mass is 537 g/mol. The number of anilines is 3. The molecule has 2 N–H and O–H groups in total. The predicted molar refractivity (Wildman–Crippen MR) is 145 cm³/mol. The average molecular weight is 538 g/mol. The molecule has 2 aromatic carbocycles.